The number of carbonyl (C=O) groups excluding carboxylic acids is 2. The highest BCUT2D eigenvalue weighted by Gasteiger charge is 2.27. The number of fused-ring (bicyclic) bond motifs is 1. The number of hydrogen-bond acceptors (Lipinski definition) is 5. The van der Waals surface area contributed by atoms with Gasteiger partial charge in [0.05, 0.1) is 18.1 Å². The first-order valence-electron chi connectivity index (χ1n) is 11.9. The zero-order valence-electron chi connectivity index (χ0n) is 21.1. The normalized spacial score (nSPS) is 15.8. The van der Waals surface area contributed by atoms with Crippen molar-refractivity contribution >= 4 is 38.4 Å². The maximum atomic E-state index is 13.3. The molecule has 0 aliphatic carbocycles. The van der Waals surface area contributed by atoms with Crippen LogP contribution < -0.4 is 15.4 Å². The fourth-order valence-corrected chi connectivity index (χ4v) is 5.65. The number of rotatable bonds is 7. The molecule has 1 atom stereocenters. The summed E-state index contributed by atoms with van der Waals surface area (Å²) in [7, 11) is -3.79. The van der Waals surface area contributed by atoms with E-state index in [2.05, 4.69) is 15.4 Å². The highest BCUT2D eigenvalue weighted by molar-refractivity contribution is 7.89. The number of amides is 3. The van der Waals surface area contributed by atoms with Crippen molar-refractivity contribution in [3.8, 4) is 0 Å². The Labute approximate surface area is 207 Å². The molecule has 0 saturated carbocycles. The van der Waals surface area contributed by atoms with E-state index < -0.39 is 21.6 Å². The van der Waals surface area contributed by atoms with Gasteiger partial charge in [-0.1, -0.05) is 38.1 Å². The van der Waals surface area contributed by atoms with Crippen molar-refractivity contribution in [2.45, 2.75) is 57.5 Å². The summed E-state index contributed by atoms with van der Waals surface area (Å²) >= 11 is 0. The van der Waals surface area contributed by atoms with E-state index in [4.69, 9.17) is 4.74 Å². The van der Waals surface area contributed by atoms with Crippen molar-refractivity contribution in [1.29, 1.82) is 0 Å². The minimum atomic E-state index is -3.79. The molecule has 1 aliphatic rings. The van der Waals surface area contributed by atoms with Crippen LogP contribution in [0.15, 0.2) is 41.3 Å². The molecular weight excluding hydrogens is 468 g/mol. The van der Waals surface area contributed by atoms with Crippen LogP contribution in [0.3, 0.4) is 0 Å². The second-order valence-corrected chi connectivity index (χ2v) is 11.9. The Morgan fingerprint density at radius 2 is 1.66 bits per heavy atom. The zero-order valence-corrected chi connectivity index (χ0v) is 21.9. The van der Waals surface area contributed by atoms with Gasteiger partial charge in [-0.05, 0) is 45.2 Å². The number of ether oxygens (including phenoxy) is 1. The summed E-state index contributed by atoms with van der Waals surface area (Å²) in [4.78, 5) is 27.8. The molecule has 2 aromatic carbocycles. The van der Waals surface area contributed by atoms with E-state index in [9.17, 15) is 18.0 Å². The molecule has 3 rings (SSSR count). The average molecular weight is 505 g/mol. The smallest absolute Gasteiger partial charge is 0.318 e. The lowest BCUT2D eigenvalue weighted by Gasteiger charge is -2.29. The SMILES string of the molecule is CC(C)C[C@H](NC(=O)N1CCOCC1)C(=O)Nc1cccc2c(S(=O)(=O)NC(C)(C)C)cccc12. The highest BCUT2D eigenvalue weighted by Crippen LogP contribution is 2.29. The van der Waals surface area contributed by atoms with E-state index in [0.717, 1.165) is 0 Å². The van der Waals surface area contributed by atoms with Crippen LogP contribution in [-0.2, 0) is 19.6 Å². The number of sulfonamides is 1. The molecule has 1 fully saturated rings. The summed E-state index contributed by atoms with van der Waals surface area (Å²) in [5.41, 5.74) is -0.162. The maximum absolute atomic E-state index is 13.3. The van der Waals surface area contributed by atoms with Crippen molar-refractivity contribution in [3.63, 3.8) is 0 Å². The van der Waals surface area contributed by atoms with E-state index in [1.807, 2.05) is 13.8 Å². The van der Waals surface area contributed by atoms with Crippen molar-refractivity contribution in [3.05, 3.63) is 36.4 Å². The van der Waals surface area contributed by atoms with E-state index in [0.29, 0.717) is 49.2 Å². The monoisotopic (exact) mass is 504 g/mol. The van der Waals surface area contributed by atoms with Crippen LogP contribution in [0.1, 0.15) is 41.0 Å². The van der Waals surface area contributed by atoms with Crippen LogP contribution in [0.2, 0.25) is 0 Å². The molecule has 0 unspecified atom stereocenters. The Balaban J connectivity index is 1.87. The summed E-state index contributed by atoms with van der Waals surface area (Å²) in [5, 5.41) is 6.87. The molecule has 10 heteroatoms. The van der Waals surface area contributed by atoms with Crippen LogP contribution in [0, 0.1) is 5.92 Å². The van der Waals surface area contributed by atoms with Crippen LogP contribution >= 0.6 is 0 Å². The molecule has 0 bridgehead atoms. The topological polar surface area (TPSA) is 117 Å². The third kappa shape index (κ3) is 7.16. The molecular formula is C25H36N4O5S. The lowest BCUT2D eigenvalue weighted by atomic mass is 10.0. The predicted molar refractivity (Wildman–Crippen MR) is 137 cm³/mol. The minimum absolute atomic E-state index is 0.139. The Hall–Kier alpha value is -2.69. The van der Waals surface area contributed by atoms with E-state index in [1.54, 1.807) is 62.1 Å². The second kappa shape index (κ2) is 10.9. The summed E-state index contributed by atoms with van der Waals surface area (Å²) in [6.07, 6.45) is 0.460. The fraction of sp³-hybridized carbons (Fsp3) is 0.520. The number of urea groups is 1. The van der Waals surface area contributed by atoms with Crippen molar-refractivity contribution in [1.82, 2.24) is 14.9 Å². The number of benzene rings is 2. The molecule has 1 saturated heterocycles. The van der Waals surface area contributed by atoms with Gasteiger partial charge < -0.3 is 20.3 Å². The summed E-state index contributed by atoms with van der Waals surface area (Å²) in [6.45, 7) is 11.2. The second-order valence-electron chi connectivity index (χ2n) is 10.2. The lowest BCUT2D eigenvalue weighted by Crippen LogP contribution is -2.52. The molecule has 3 N–H and O–H groups in total. The number of morpholine rings is 1. The van der Waals surface area contributed by atoms with Gasteiger partial charge in [-0.25, -0.2) is 17.9 Å². The molecule has 3 amide bonds. The molecule has 0 radical (unpaired) electrons. The van der Waals surface area contributed by atoms with Crippen molar-refractivity contribution in [2.24, 2.45) is 5.92 Å². The molecule has 0 aromatic heterocycles. The van der Waals surface area contributed by atoms with Gasteiger partial charge in [0.2, 0.25) is 15.9 Å². The van der Waals surface area contributed by atoms with Crippen LogP contribution in [0.25, 0.3) is 10.8 Å². The van der Waals surface area contributed by atoms with Gasteiger partial charge in [-0.2, -0.15) is 0 Å². The van der Waals surface area contributed by atoms with Crippen molar-refractivity contribution < 1.29 is 22.7 Å². The Morgan fingerprint density at radius 3 is 2.29 bits per heavy atom. The molecule has 1 aliphatic heterocycles. The van der Waals surface area contributed by atoms with Gasteiger partial charge in [0, 0.05) is 35.1 Å². The van der Waals surface area contributed by atoms with Gasteiger partial charge in [-0.3, -0.25) is 4.79 Å². The Bertz CT molecular complexity index is 1170. The Kier molecular flexibility index (Phi) is 8.40. The molecule has 192 valence electrons. The van der Waals surface area contributed by atoms with Crippen LogP contribution in [0.4, 0.5) is 10.5 Å². The number of nitrogens with one attached hydrogen (secondary N) is 3. The average Bonchev–Trinajstić information content (AvgIpc) is 2.77. The number of nitrogens with zero attached hydrogens (tertiary/aromatic N) is 1. The third-order valence-electron chi connectivity index (χ3n) is 5.49. The van der Waals surface area contributed by atoms with E-state index in [-0.39, 0.29) is 22.8 Å². The van der Waals surface area contributed by atoms with Gasteiger partial charge >= 0.3 is 6.03 Å². The zero-order chi connectivity index (χ0) is 25.8. The largest absolute Gasteiger partial charge is 0.378 e. The van der Waals surface area contributed by atoms with E-state index in [1.165, 1.54) is 0 Å². The number of carbonyl (C=O) groups is 2. The van der Waals surface area contributed by atoms with Crippen LogP contribution in [-0.4, -0.2) is 63.1 Å². The molecule has 1 heterocycles. The van der Waals surface area contributed by atoms with Gasteiger partial charge in [0.1, 0.15) is 6.04 Å². The molecule has 2 aromatic rings. The summed E-state index contributed by atoms with van der Waals surface area (Å²) in [6, 6.07) is 9.08. The predicted octanol–water partition coefficient (Wildman–Crippen LogP) is 3.31. The quantitative estimate of drug-likeness (QED) is 0.535. The number of hydrogen-bond donors (Lipinski definition) is 3. The van der Waals surface area contributed by atoms with Gasteiger partial charge in [0.15, 0.2) is 0 Å². The number of anilines is 1. The fourth-order valence-electron chi connectivity index (χ4n) is 4.01. The lowest BCUT2D eigenvalue weighted by molar-refractivity contribution is -0.118. The highest BCUT2D eigenvalue weighted by atomic mass is 32.2. The molecule has 35 heavy (non-hydrogen) atoms. The first-order chi connectivity index (χ1) is 16.4. The Morgan fingerprint density at radius 1 is 1.03 bits per heavy atom. The van der Waals surface area contributed by atoms with Crippen molar-refractivity contribution in [2.75, 3.05) is 31.6 Å². The summed E-state index contributed by atoms with van der Waals surface area (Å²) < 4.78 is 34.1. The summed E-state index contributed by atoms with van der Waals surface area (Å²) in [5.74, 6) is -0.183. The van der Waals surface area contributed by atoms with Crippen LogP contribution in [0.5, 0.6) is 0 Å². The minimum Gasteiger partial charge on any atom is -0.378 e. The molecule has 0 spiro atoms. The standard InChI is InChI=1S/C25H36N4O5S/c1-17(2)16-21(27-24(31)29-12-14-34-15-13-29)23(30)26-20-10-6-9-19-18(20)8-7-11-22(19)35(32,33)28-25(3,4)5/h6-11,17,21,28H,12-16H2,1-5H3,(H,26,30)(H,27,31)/t21-/m0/s1. The first kappa shape index (κ1) is 26.9. The molecule has 9 nitrogen and oxygen atoms in total. The third-order valence-corrected chi connectivity index (χ3v) is 7.31. The first-order valence-corrected chi connectivity index (χ1v) is 13.4. The van der Waals surface area contributed by atoms with Gasteiger partial charge in [-0.15, -0.1) is 0 Å². The van der Waals surface area contributed by atoms with Gasteiger partial charge in [0.25, 0.3) is 0 Å². The van der Waals surface area contributed by atoms with E-state index >= 15 is 0 Å². The maximum Gasteiger partial charge on any atom is 0.318 e.